The van der Waals surface area contributed by atoms with Crippen molar-refractivity contribution in [3.8, 4) is 0 Å². The first-order chi connectivity index (χ1) is 8.93. The Hall–Kier alpha value is -0.850. The zero-order valence-electron chi connectivity index (χ0n) is 12.3. The lowest BCUT2D eigenvalue weighted by Crippen LogP contribution is -2.64. The molecule has 2 fully saturated rings. The van der Waals surface area contributed by atoms with Gasteiger partial charge in [0.25, 0.3) is 0 Å². The lowest BCUT2D eigenvalue weighted by molar-refractivity contribution is -0.158. The Morgan fingerprint density at radius 1 is 1.45 bits per heavy atom. The summed E-state index contributed by atoms with van der Waals surface area (Å²) in [5.41, 5.74) is -0.758. The van der Waals surface area contributed by atoms with Crippen molar-refractivity contribution >= 4 is 24.2 Å². The molecule has 0 bridgehead atoms. The van der Waals surface area contributed by atoms with Gasteiger partial charge in [0, 0.05) is 33.2 Å². The molecule has 0 aromatic heterocycles. The molecule has 2 rings (SSSR count). The average molecular weight is 306 g/mol. The number of rotatable bonds is 2. The van der Waals surface area contributed by atoms with Crippen molar-refractivity contribution in [1.82, 2.24) is 15.1 Å². The predicted molar refractivity (Wildman–Crippen MR) is 77.9 cm³/mol. The number of hydrogen-bond acceptors (Lipinski definition) is 4. The number of likely N-dealkylation sites (N-methyl/N-ethyl adjacent to an activating group) is 1. The second-order valence-electron chi connectivity index (χ2n) is 5.73. The fourth-order valence-electron chi connectivity index (χ4n) is 2.71. The number of nitrogens with one attached hydrogen (secondary N) is 1. The lowest BCUT2D eigenvalue weighted by atomic mass is 9.97. The van der Waals surface area contributed by atoms with Crippen molar-refractivity contribution in [2.45, 2.75) is 31.9 Å². The normalized spacial score (nSPS) is 26.1. The highest BCUT2D eigenvalue weighted by Crippen LogP contribution is 2.23. The molecule has 1 unspecified atom stereocenters. The Morgan fingerprint density at radius 2 is 2.15 bits per heavy atom. The lowest BCUT2D eigenvalue weighted by Gasteiger charge is -2.45. The first kappa shape index (κ1) is 17.2. The van der Waals surface area contributed by atoms with Gasteiger partial charge in [0.2, 0.25) is 11.8 Å². The second kappa shape index (κ2) is 6.74. The van der Waals surface area contributed by atoms with E-state index in [1.165, 1.54) is 0 Å². The highest BCUT2D eigenvalue weighted by Gasteiger charge is 2.43. The Morgan fingerprint density at radius 3 is 2.75 bits per heavy atom. The molecule has 0 saturated carbocycles. The van der Waals surface area contributed by atoms with Crippen LogP contribution >= 0.6 is 12.4 Å². The molecule has 20 heavy (non-hydrogen) atoms. The standard InChI is InChI=1S/C13H23N3O3.ClH/c1-13(2)12(18)15(3)5-6-16(13)11(17)8-10-9-14-4-7-19-10;/h10,14H,4-9H2,1-3H3;1H. The summed E-state index contributed by atoms with van der Waals surface area (Å²) in [7, 11) is 1.78. The second-order valence-corrected chi connectivity index (χ2v) is 5.73. The number of carbonyl (C=O) groups excluding carboxylic acids is 2. The molecule has 2 aliphatic heterocycles. The summed E-state index contributed by atoms with van der Waals surface area (Å²) in [6.07, 6.45) is 0.264. The average Bonchev–Trinajstić information content (AvgIpc) is 2.37. The number of halogens is 1. The van der Waals surface area contributed by atoms with E-state index in [2.05, 4.69) is 5.32 Å². The maximum absolute atomic E-state index is 12.4. The third kappa shape index (κ3) is 3.42. The van der Waals surface area contributed by atoms with Crippen LogP contribution < -0.4 is 5.32 Å². The van der Waals surface area contributed by atoms with Crippen LogP contribution in [0.4, 0.5) is 0 Å². The maximum atomic E-state index is 12.4. The van der Waals surface area contributed by atoms with Crippen LogP contribution in [0.3, 0.4) is 0 Å². The Balaban J connectivity index is 0.00000200. The molecule has 0 aromatic carbocycles. The molecular formula is C13H24ClN3O3. The van der Waals surface area contributed by atoms with Gasteiger partial charge in [-0.25, -0.2) is 0 Å². The van der Waals surface area contributed by atoms with Gasteiger partial charge in [-0.05, 0) is 13.8 Å². The summed E-state index contributed by atoms with van der Waals surface area (Å²) < 4.78 is 5.55. The van der Waals surface area contributed by atoms with Crippen LogP contribution in [0.25, 0.3) is 0 Å². The van der Waals surface area contributed by atoms with Crippen LogP contribution in [0.5, 0.6) is 0 Å². The van der Waals surface area contributed by atoms with Crippen LogP contribution in [-0.4, -0.2) is 73.1 Å². The van der Waals surface area contributed by atoms with E-state index in [0.29, 0.717) is 32.7 Å². The molecule has 7 heteroatoms. The van der Waals surface area contributed by atoms with Crippen molar-refractivity contribution in [3.63, 3.8) is 0 Å². The van der Waals surface area contributed by atoms with Gasteiger partial charge in [0.05, 0.1) is 19.1 Å². The minimum atomic E-state index is -0.758. The topological polar surface area (TPSA) is 61.9 Å². The van der Waals surface area contributed by atoms with Gasteiger partial charge in [-0.1, -0.05) is 0 Å². The van der Waals surface area contributed by atoms with Crippen molar-refractivity contribution in [3.05, 3.63) is 0 Å². The summed E-state index contributed by atoms with van der Waals surface area (Å²) in [5.74, 6) is -0.00469. The van der Waals surface area contributed by atoms with Gasteiger partial charge >= 0.3 is 0 Å². The van der Waals surface area contributed by atoms with Gasteiger partial charge in [-0.15, -0.1) is 12.4 Å². The maximum Gasteiger partial charge on any atom is 0.247 e. The van der Waals surface area contributed by atoms with Crippen LogP contribution in [0.1, 0.15) is 20.3 Å². The van der Waals surface area contributed by atoms with Crippen molar-refractivity contribution in [2.24, 2.45) is 0 Å². The van der Waals surface area contributed by atoms with Crippen LogP contribution in [0.15, 0.2) is 0 Å². The molecule has 0 aromatic rings. The fraction of sp³-hybridized carbons (Fsp3) is 0.846. The molecule has 0 radical (unpaired) electrons. The van der Waals surface area contributed by atoms with Gasteiger partial charge in [0.15, 0.2) is 0 Å². The minimum absolute atomic E-state index is 0. The fourth-order valence-corrected chi connectivity index (χ4v) is 2.71. The van der Waals surface area contributed by atoms with Crippen molar-refractivity contribution in [2.75, 3.05) is 39.8 Å². The molecule has 6 nitrogen and oxygen atoms in total. The number of morpholine rings is 1. The van der Waals surface area contributed by atoms with Crippen molar-refractivity contribution < 1.29 is 14.3 Å². The first-order valence-corrected chi connectivity index (χ1v) is 6.81. The Kier molecular flexibility index (Phi) is 5.79. The minimum Gasteiger partial charge on any atom is -0.375 e. The van der Waals surface area contributed by atoms with E-state index in [0.717, 1.165) is 6.54 Å². The van der Waals surface area contributed by atoms with E-state index in [1.807, 2.05) is 13.8 Å². The highest BCUT2D eigenvalue weighted by atomic mass is 35.5. The molecule has 0 aliphatic carbocycles. The third-order valence-corrected chi connectivity index (χ3v) is 3.91. The zero-order valence-corrected chi connectivity index (χ0v) is 13.2. The number of amides is 2. The molecule has 116 valence electrons. The Labute approximate surface area is 126 Å². The molecule has 2 saturated heterocycles. The van der Waals surface area contributed by atoms with E-state index >= 15 is 0 Å². The predicted octanol–water partition coefficient (Wildman–Crippen LogP) is -0.134. The van der Waals surface area contributed by atoms with Crippen LogP contribution in [0, 0.1) is 0 Å². The number of carbonyl (C=O) groups is 2. The SMILES string of the molecule is CN1CCN(C(=O)CC2CNCCO2)C(C)(C)C1=O.Cl. The molecule has 1 atom stereocenters. The van der Waals surface area contributed by atoms with Crippen molar-refractivity contribution in [1.29, 1.82) is 0 Å². The smallest absolute Gasteiger partial charge is 0.247 e. The summed E-state index contributed by atoms with van der Waals surface area (Å²) >= 11 is 0. The van der Waals surface area contributed by atoms with E-state index in [1.54, 1.807) is 16.8 Å². The monoisotopic (exact) mass is 305 g/mol. The number of piperazine rings is 1. The summed E-state index contributed by atoms with van der Waals surface area (Å²) in [6, 6.07) is 0. The summed E-state index contributed by atoms with van der Waals surface area (Å²) in [5, 5.41) is 3.21. The van der Waals surface area contributed by atoms with E-state index in [4.69, 9.17) is 4.74 Å². The van der Waals surface area contributed by atoms with Gasteiger partial charge in [-0.2, -0.15) is 0 Å². The Bertz CT molecular complexity index is 370. The van der Waals surface area contributed by atoms with Crippen LogP contribution in [-0.2, 0) is 14.3 Å². The highest BCUT2D eigenvalue weighted by molar-refractivity contribution is 5.91. The molecular weight excluding hydrogens is 282 g/mol. The van der Waals surface area contributed by atoms with E-state index in [-0.39, 0.29) is 30.3 Å². The molecule has 2 heterocycles. The molecule has 2 amide bonds. The zero-order chi connectivity index (χ0) is 14.0. The number of nitrogens with zero attached hydrogens (tertiary/aromatic N) is 2. The quantitative estimate of drug-likeness (QED) is 0.772. The number of hydrogen-bond donors (Lipinski definition) is 1. The number of ether oxygens (including phenoxy) is 1. The van der Waals surface area contributed by atoms with Crippen LogP contribution in [0.2, 0.25) is 0 Å². The van der Waals surface area contributed by atoms with E-state index < -0.39 is 5.54 Å². The molecule has 2 aliphatic rings. The summed E-state index contributed by atoms with van der Waals surface area (Å²) in [6.45, 7) is 6.98. The molecule has 0 spiro atoms. The van der Waals surface area contributed by atoms with Gasteiger partial charge < -0.3 is 19.9 Å². The molecule has 1 N–H and O–H groups in total. The van der Waals surface area contributed by atoms with E-state index in [9.17, 15) is 9.59 Å². The third-order valence-electron chi connectivity index (χ3n) is 3.91. The van der Waals surface area contributed by atoms with Gasteiger partial charge in [0.1, 0.15) is 5.54 Å². The largest absolute Gasteiger partial charge is 0.375 e. The first-order valence-electron chi connectivity index (χ1n) is 6.81. The van der Waals surface area contributed by atoms with Gasteiger partial charge in [-0.3, -0.25) is 9.59 Å². The summed E-state index contributed by atoms with van der Waals surface area (Å²) in [4.78, 5) is 27.9.